The van der Waals surface area contributed by atoms with Gasteiger partial charge in [0.25, 0.3) is 0 Å². The number of carboxylic acid groups (broad SMARTS) is 1. The molecule has 100 valence electrons. The highest BCUT2D eigenvalue weighted by molar-refractivity contribution is 5.88. The van der Waals surface area contributed by atoms with Gasteiger partial charge in [-0.15, -0.1) is 0 Å². The Morgan fingerprint density at radius 2 is 1.83 bits per heavy atom. The standard InChI is InChI=1S/C13H19NO4/c15-11(16)8-14(10-1-3-18-4-2-10)12(17)13-5-9(6-13)7-13/h9-10H,1-8H2,(H,15,16). The van der Waals surface area contributed by atoms with Crippen molar-refractivity contribution in [1.29, 1.82) is 0 Å². The highest BCUT2D eigenvalue weighted by Crippen LogP contribution is 2.65. The molecule has 5 nitrogen and oxygen atoms in total. The molecule has 1 heterocycles. The summed E-state index contributed by atoms with van der Waals surface area (Å²) >= 11 is 0. The van der Waals surface area contributed by atoms with E-state index in [1.54, 1.807) is 4.90 Å². The summed E-state index contributed by atoms with van der Waals surface area (Å²) in [6.07, 6.45) is 4.46. The molecule has 1 saturated heterocycles. The van der Waals surface area contributed by atoms with Gasteiger partial charge >= 0.3 is 5.97 Å². The lowest BCUT2D eigenvalue weighted by Crippen LogP contribution is -2.63. The van der Waals surface area contributed by atoms with Crippen LogP contribution in [0.4, 0.5) is 0 Å². The predicted molar refractivity (Wildman–Crippen MR) is 63.0 cm³/mol. The van der Waals surface area contributed by atoms with Gasteiger partial charge in [-0.05, 0) is 38.0 Å². The molecule has 3 saturated carbocycles. The first-order chi connectivity index (χ1) is 8.61. The lowest BCUT2D eigenvalue weighted by Gasteiger charge is -2.61. The van der Waals surface area contributed by atoms with Crippen molar-refractivity contribution in [2.45, 2.75) is 38.1 Å². The Bertz CT molecular complexity index is 358. The lowest BCUT2D eigenvalue weighted by atomic mass is 9.44. The van der Waals surface area contributed by atoms with Crippen LogP contribution in [-0.4, -0.2) is 47.7 Å². The lowest BCUT2D eigenvalue weighted by molar-refractivity contribution is -0.182. The number of aliphatic carboxylic acids is 1. The fraction of sp³-hybridized carbons (Fsp3) is 0.846. The smallest absolute Gasteiger partial charge is 0.323 e. The molecule has 0 aromatic heterocycles. The number of hydrogen-bond acceptors (Lipinski definition) is 3. The first-order valence-electron chi connectivity index (χ1n) is 6.71. The number of carboxylic acids is 1. The molecule has 5 heteroatoms. The third-order valence-electron chi connectivity index (χ3n) is 4.69. The number of carbonyl (C=O) groups is 2. The fourth-order valence-electron chi connectivity index (χ4n) is 3.55. The molecule has 1 aliphatic heterocycles. The normalized spacial score (nSPS) is 34.3. The SMILES string of the molecule is O=C(O)CN(C(=O)C12CC(C1)C2)C1CCOCC1. The summed E-state index contributed by atoms with van der Waals surface area (Å²) < 4.78 is 5.28. The Balaban J connectivity index is 1.71. The van der Waals surface area contributed by atoms with E-state index in [1.807, 2.05) is 0 Å². The minimum absolute atomic E-state index is 0.0522. The number of rotatable bonds is 4. The van der Waals surface area contributed by atoms with Crippen LogP contribution in [-0.2, 0) is 14.3 Å². The van der Waals surface area contributed by atoms with Crippen LogP contribution in [0.2, 0.25) is 0 Å². The largest absolute Gasteiger partial charge is 0.480 e. The molecule has 4 fully saturated rings. The maximum atomic E-state index is 12.5. The number of carbonyl (C=O) groups excluding carboxylic acids is 1. The maximum Gasteiger partial charge on any atom is 0.323 e. The van der Waals surface area contributed by atoms with Gasteiger partial charge in [0.1, 0.15) is 6.54 Å². The van der Waals surface area contributed by atoms with E-state index in [0.717, 1.165) is 38.0 Å². The van der Waals surface area contributed by atoms with Gasteiger partial charge in [-0.3, -0.25) is 9.59 Å². The van der Waals surface area contributed by atoms with Crippen molar-refractivity contribution in [2.24, 2.45) is 11.3 Å². The Labute approximate surface area is 106 Å². The van der Waals surface area contributed by atoms with Crippen molar-refractivity contribution in [2.75, 3.05) is 19.8 Å². The molecule has 4 aliphatic rings. The Kier molecular flexibility index (Phi) is 2.81. The first-order valence-corrected chi connectivity index (χ1v) is 6.71. The molecule has 0 aromatic carbocycles. The van der Waals surface area contributed by atoms with E-state index in [0.29, 0.717) is 13.2 Å². The van der Waals surface area contributed by atoms with Gasteiger partial charge in [-0.25, -0.2) is 0 Å². The number of ether oxygens (including phenoxy) is 1. The van der Waals surface area contributed by atoms with Crippen LogP contribution < -0.4 is 0 Å². The van der Waals surface area contributed by atoms with Crippen LogP contribution in [0.3, 0.4) is 0 Å². The van der Waals surface area contributed by atoms with Crippen molar-refractivity contribution in [3.63, 3.8) is 0 Å². The zero-order valence-electron chi connectivity index (χ0n) is 10.4. The highest BCUT2D eigenvalue weighted by atomic mass is 16.5. The predicted octanol–water partition coefficient (Wildman–Crippen LogP) is 0.879. The number of hydrogen-bond donors (Lipinski definition) is 1. The molecule has 4 rings (SSSR count). The van der Waals surface area contributed by atoms with Gasteiger partial charge in [0.2, 0.25) is 5.91 Å². The van der Waals surface area contributed by atoms with E-state index in [-0.39, 0.29) is 23.9 Å². The van der Waals surface area contributed by atoms with Crippen LogP contribution in [0.15, 0.2) is 0 Å². The second-order valence-corrected chi connectivity index (χ2v) is 5.93. The van der Waals surface area contributed by atoms with Crippen LogP contribution in [0, 0.1) is 11.3 Å². The molecule has 0 aromatic rings. The molecule has 0 atom stereocenters. The van der Waals surface area contributed by atoms with Crippen LogP contribution in [0.1, 0.15) is 32.1 Å². The van der Waals surface area contributed by atoms with Gasteiger partial charge in [0, 0.05) is 19.3 Å². The number of nitrogens with zero attached hydrogens (tertiary/aromatic N) is 1. The summed E-state index contributed by atoms with van der Waals surface area (Å²) in [5, 5.41) is 9.01. The van der Waals surface area contributed by atoms with Crippen LogP contribution in [0.5, 0.6) is 0 Å². The molecule has 0 spiro atoms. The quantitative estimate of drug-likeness (QED) is 0.807. The first kappa shape index (κ1) is 12.0. The molecule has 3 aliphatic carbocycles. The molecule has 0 unspecified atom stereocenters. The highest BCUT2D eigenvalue weighted by Gasteiger charge is 2.62. The summed E-state index contributed by atoms with van der Waals surface area (Å²) in [4.78, 5) is 25.1. The summed E-state index contributed by atoms with van der Waals surface area (Å²) in [7, 11) is 0. The van der Waals surface area contributed by atoms with Gasteiger partial charge in [-0.2, -0.15) is 0 Å². The zero-order valence-corrected chi connectivity index (χ0v) is 10.4. The van der Waals surface area contributed by atoms with E-state index in [1.165, 1.54) is 0 Å². The van der Waals surface area contributed by atoms with Crippen molar-refractivity contribution in [3.8, 4) is 0 Å². The maximum absolute atomic E-state index is 12.5. The summed E-state index contributed by atoms with van der Waals surface area (Å²) in [6, 6.07) is 0.0522. The zero-order chi connectivity index (χ0) is 12.8. The van der Waals surface area contributed by atoms with Gasteiger partial charge in [0.15, 0.2) is 0 Å². The van der Waals surface area contributed by atoms with Crippen molar-refractivity contribution in [1.82, 2.24) is 4.90 Å². The van der Waals surface area contributed by atoms with E-state index in [9.17, 15) is 9.59 Å². The van der Waals surface area contributed by atoms with Gasteiger partial charge < -0.3 is 14.7 Å². The fourth-order valence-corrected chi connectivity index (χ4v) is 3.55. The van der Waals surface area contributed by atoms with Gasteiger partial charge in [0.05, 0.1) is 5.41 Å². The Morgan fingerprint density at radius 1 is 1.22 bits per heavy atom. The summed E-state index contributed by atoms with van der Waals surface area (Å²) in [6.45, 7) is 1.10. The molecule has 1 N–H and O–H groups in total. The summed E-state index contributed by atoms with van der Waals surface area (Å²) in [5.41, 5.74) is -0.182. The summed E-state index contributed by atoms with van der Waals surface area (Å²) in [5.74, 6) is -0.101. The van der Waals surface area contributed by atoms with Crippen LogP contribution in [0.25, 0.3) is 0 Å². The average Bonchev–Trinajstić information content (AvgIpc) is 2.22. The monoisotopic (exact) mass is 253 g/mol. The van der Waals surface area contributed by atoms with Gasteiger partial charge in [-0.1, -0.05) is 0 Å². The second-order valence-electron chi connectivity index (χ2n) is 5.93. The van der Waals surface area contributed by atoms with E-state index < -0.39 is 5.97 Å². The number of amides is 1. The van der Waals surface area contributed by atoms with E-state index in [4.69, 9.17) is 9.84 Å². The minimum atomic E-state index is -0.915. The van der Waals surface area contributed by atoms with Crippen molar-refractivity contribution in [3.05, 3.63) is 0 Å². The Morgan fingerprint density at radius 3 is 2.28 bits per heavy atom. The van der Waals surface area contributed by atoms with Crippen molar-refractivity contribution >= 4 is 11.9 Å². The topological polar surface area (TPSA) is 66.8 Å². The molecular weight excluding hydrogens is 234 g/mol. The average molecular weight is 253 g/mol. The van der Waals surface area contributed by atoms with Crippen molar-refractivity contribution < 1.29 is 19.4 Å². The minimum Gasteiger partial charge on any atom is -0.480 e. The Hall–Kier alpha value is -1.10. The molecule has 2 bridgehead atoms. The third kappa shape index (κ3) is 1.81. The van der Waals surface area contributed by atoms with Crippen LogP contribution >= 0.6 is 0 Å². The third-order valence-corrected chi connectivity index (χ3v) is 4.69. The van der Waals surface area contributed by atoms with E-state index >= 15 is 0 Å². The van der Waals surface area contributed by atoms with E-state index in [2.05, 4.69) is 0 Å². The molecular formula is C13H19NO4. The molecule has 1 amide bonds. The molecule has 18 heavy (non-hydrogen) atoms. The molecule has 0 radical (unpaired) electrons. The second kappa shape index (κ2) is 4.23.